The molecule has 0 aliphatic carbocycles. The predicted octanol–water partition coefficient (Wildman–Crippen LogP) is 0.645. The van der Waals surface area contributed by atoms with Crippen LogP contribution in [0.2, 0.25) is 0 Å². The number of anilines is 1. The fourth-order valence-electron chi connectivity index (χ4n) is 2.29. The van der Waals surface area contributed by atoms with E-state index in [-0.39, 0.29) is 22.8 Å². The van der Waals surface area contributed by atoms with E-state index in [2.05, 4.69) is 16.0 Å². The Labute approximate surface area is 121 Å². The lowest BCUT2D eigenvalue weighted by atomic mass is 10.1. The highest BCUT2D eigenvalue weighted by atomic mass is 16.6. The number of amides is 2. The molecule has 3 N–H and O–H groups in total. The highest BCUT2D eigenvalue weighted by Gasteiger charge is 2.26. The largest absolute Gasteiger partial charge is 0.382 e. The molecule has 0 spiro atoms. The fourth-order valence-corrected chi connectivity index (χ4v) is 2.29. The molecule has 1 heterocycles. The Morgan fingerprint density at radius 3 is 2.86 bits per heavy atom. The molecule has 1 aromatic rings. The quantitative estimate of drug-likeness (QED) is 0.557. The molecule has 1 unspecified atom stereocenters. The summed E-state index contributed by atoms with van der Waals surface area (Å²) in [6.07, 6.45) is 1.34. The van der Waals surface area contributed by atoms with Gasteiger partial charge in [0.15, 0.2) is 0 Å². The normalized spacial score (nSPS) is 17.8. The molecule has 0 bridgehead atoms. The SMILES string of the molecule is CNc1c(C(=O)NC2CCCNC2=O)cccc1[N+](=O)[O-]. The molecule has 8 nitrogen and oxygen atoms in total. The summed E-state index contributed by atoms with van der Waals surface area (Å²) >= 11 is 0. The van der Waals surface area contributed by atoms with Gasteiger partial charge in [-0.1, -0.05) is 6.07 Å². The van der Waals surface area contributed by atoms with Gasteiger partial charge in [-0.2, -0.15) is 0 Å². The topological polar surface area (TPSA) is 113 Å². The summed E-state index contributed by atoms with van der Waals surface area (Å²) < 4.78 is 0. The van der Waals surface area contributed by atoms with Crippen LogP contribution in [0.5, 0.6) is 0 Å². The summed E-state index contributed by atoms with van der Waals surface area (Å²) in [5.41, 5.74) is 0.0968. The number of nitro benzene ring substituents is 1. The summed E-state index contributed by atoms with van der Waals surface area (Å²) in [4.78, 5) is 34.3. The molecule has 2 rings (SSSR count). The molecule has 1 atom stereocenters. The van der Waals surface area contributed by atoms with E-state index >= 15 is 0 Å². The minimum absolute atomic E-state index is 0.135. The molecule has 1 saturated heterocycles. The molecule has 0 radical (unpaired) electrons. The summed E-state index contributed by atoms with van der Waals surface area (Å²) in [5, 5.41) is 18.9. The molecule has 1 aliphatic rings. The van der Waals surface area contributed by atoms with Gasteiger partial charge in [0.2, 0.25) is 5.91 Å². The summed E-state index contributed by atoms with van der Waals surface area (Å²) in [7, 11) is 1.51. The van der Waals surface area contributed by atoms with Crippen LogP contribution >= 0.6 is 0 Å². The molecule has 1 aromatic carbocycles. The number of carbonyl (C=O) groups is 2. The van der Waals surface area contributed by atoms with Gasteiger partial charge in [-0.15, -0.1) is 0 Å². The van der Waals surface area contributed by atoms with Crippen molar-refractivity contribution in [3.63, 3.8) is 0 Å². The fraction of sp³-hybridized carbons (Fsp3) is 0.385. The van der Waals surface area contributed by atoms with E-state index in [0.29, 0.717) is 13.0 Å². The number of nitrogens with zero attached hydrogens (tertiary/aromatic N) is 1. The Hall–Kier alpha value is -2.64. The van der Waals surface area contributed by atoms with Crippen LogP contribution in [0.25, 0.3) is 0 Å². The smallest absolute Gasteiger partial charge is 0.293 e. The molecule has 0 saturated carbocycles. The first-order chi connectivity index (χ1) is 10.0. The molecule has 2 amide bonds. The van der Waals surface area contributed by atoms with Crippen molar-refractivity contribution < 1.29 is 14.5 Å². The number of nitro groups is 1. The average molecular weight is 292 g/mol. The summed E-state index contributed by atoms with van der Waals surface area (Å²) in [6, 6.07) is 3.63. The standard InChI is InChI=1S/C13H16N4O4/c1-14-11-8(4-2-6-10(11)17(20)21)12(18)16-9-5-3-7-15-13(9)19/h2,4,6,9,14H,3,5,7H2,1H3,(H,15,19)(H,16,18). The van der Waals surface area contributed by atoms with Crippen molar-refractivity contribution in [1.29, 1.82) is 0 Å². The predicted molar refractivity (Wildman–Crippen MR) is 76.1 cm³/mol. The van der Waals surface area contributed by atoms with Gasteiger partial charge in [-0.05, 0) is 18.9 Å². The zero-order valence-corrected chi connectivity index (χ0v) is 11.5. The second-order valence-corrected chi connectivity index (χ2v) is 4.67. The van der Waals surface area contributed by atoms with Gasteiger partial charge < -0.3 is 16.0 Å². The van der Waals surface area contributed by atoms with Crippen molar-refractivity contribution in [3.05, 3.63) is 33.9 Å². The van der Waals surface area contributed by atoms with Gasteiger partial charge in [-0.25, -0.2) is 0 Å². The van der Waals surface area contributed by atoms with Crippen molar-refractivity contribution in [2.45, 2.75) is 18.9 Å². The lowest BCUT2D eigenvalue weighted by molar-refractivity contribution is -0.384. The Morgan fingerprint density at radius 2 is 2.24 bits per heavy atom. The van der Waals surface area contributed by atoms with Crippen molar-refractivity contribution in [2.75, 3.05) is 18.9 Å². The van der Waals surface area contributed by atoms with Crippen LogP contribution in [0, 0.1) is 10.1 Å². The van der Waals surface area contributed by atoms with E-state index in [9.17, 15) is 19.7 Å². The molecule has 1 fully saturated rings. The third-order valence-corrected chi connectivity index (χ3v) is 3.32. The highest BCUT2D eigenvalue weighted by molar-refractivity contribution is 6.03. The van der Waals surface area contributed by atoms with Crippen LogP contribution in [0.15, 0.2) is 18.2 Å². The van der Waals surface area contributed by atoms with Gasteiger partial charge in [0.25, 0.3) is 11.6 Å². The minimum atomic E-state index is -0.602. The Balaban J connectivity index is 2.24. The molecular formula is C13H16N4O4. The third kappa shape index (κ3) is 3.10. The number of nitrogens with one attached hydrogen (secondary N) is 3. The van der Waals surface area contributed by atoms with Crippen LogP contribution in [0.3, 0.4) is 0 Å². The number of para-hydroxylation sites is 1. The monoisotopic (exact) mass is 292 g/mol. The van der Waals surface area contributed by atoms with Gasteiger partial charge >= 0.3 is 0 Å². The Kier molecular flexibility index (Phi) is 4.36. The van der Waals surface area contributed by atoms with Crippen molar-refractivity contribution >= 4 is 23.2 Å². The minimum Gasteiger partial charge on any atom is -0.382 e. The van der Waals surface area contributed by atoms with Crippen molar-refractivity contribution in [1.82, 2.24) is 10.6 Å². The number of piperidine rings is 1. The zero-order chi connectivity index (χ0) is 15.4. The summed E-state index contributed by atoms with van der Waals surface area (Å²) in [6.45, 7) is 0.601. The maximum absolute atomic E-state index is 12.3. The first kappa shape index (κ1) is 14.8. The van der Waals surface area contributed by atoms with E-state index in [1.54, 1.807) is 0 Å². The van der Waals surface area contributed by atoms with Crippen LogP contribution in [-0.4, -0.2) is 36.4 Å². The van der Waals surface area contributed by atoms with E-state index < -0.39 is 16.9 Å². The molecule has 0 aromatic heterocycles. The van der Waals surface area contributed by atoms with Crippen LogP contribution in [-0.2, 0) is 4.79 Å². The van der Waals surface area contributed by atoms with Crippen molar-refractivity contribution in [3.8, 4) is 0 Å². The van der Waals surface area contributed by atoms with Gasteiger partial charge in [0.05, 0.1) is 10.5 Å². The number of hydrogen-bond donors (Lipinski definition) is 3. The van der Waals surface area contributed by atoms with Gasteiger partial charge in [0.1, 0.15) is 11.7 Å². The first-order valence-corrected chi connectivity index (χ1v) is 6.58. The molecule has 21 heavy (non-hydrogen) atoms. The third-order valence-electron chi connectivity index (χ3n) is 3.32. The number of hydrogen-bond acceptors (Lipinski definition) is 5. The first-order valence-electron chi connectivity index (χ1n) is 6.58. The molecule has 112 valence electrons. The number of benzene rings is 1. The van der Waals surface area contributed by atoms with E-state index in [0.717, 1.165) is 6.42 Å². The van der Waals surface area contributed by atoms with Crippen LogP contribution in [0.4, 0.5) is 11.4 Å². The number of carbonyl (C=O) groups excluding carboxylic acids is 2. The Morgan fingerprint density at radius 1 is 1.48 bits per heavy atom. The zero-order valence-electron chi connectivity index (χ0n) is 11.5. The van der Waals surface area contributed by atoms with E-state index in [1.807, 2.05) is 0 Å². The maximum Gasteiger partial charge on any atom is 0.293 e. The van der Waals surface area contributed by atoms with Crippen LogP contribution in [0.1, 0.15) is 23.2 Å². The lowest BCUT2D eigenvalue weighted by Crippen LogP contribution is -2.50. The Bertz CT molecular complexity index is 588. The molecule has 8 heteroatoms. The second-order valence-electron chi connectivity index (χ2n) is 4.67. The maximum atomic E-state index is 12.3. The average Bonchev–Trinajstić information content (AvgIpc) is 2.48. The van der Waals surface area contributed by atoms with E-state index in [4.69, 9.17) is 0 Å². The van der Waals surface area contributed by atoms with Crippen LogP contribution < -0.4 is 16.0 Å². The summed E-state index contributed by atoms with van der Waals surface area (Å²) in [5.74, 6) is -0.740. The van der Waals surface area contributed by atoms with Gasteiger partial charge in [0, 0.05) is 19.7 Å². The second kappa shape index (κ2) is 6.21. The number of rotatable bonds is 4. The highest BCUT2D eigenvalue weighted by Crippen LogP contribution is 2.27. The van der Waals surface area contributed by atoms with Gasteiger partial charge in [-0.3, -0.25) is 19.7 Å². The van der Waals surface area contributed by atoms with E-state index in [1.165, 1.54) is 25.2 Å². The molecule has 1 aliphatic heterocycles. The lowest BCUT2D eigenvalue weighted by Gasteiger charge is -2.23. The molecular weight excluding hydrogens is 276 g/mol. The van der Waals surface area contributed by atoms with Crippen molar-refractivity contribution in [2.24, 2.45) is 0 Å².